The Morgan fingerprint density at radius 3 is 2.70 bits per heavy atom. The average Bonchev–Trinajstić information content (AvgIpc) is 2.84. The third-order valence-corrected chi connectivity index (χ3v) is 2.79. The van der Waals surface area contributed by atoms with Crippen molar-refractivity contribution in [2.75, 3.05) is 5.01 Å². The van der Waals surface area contributed by atoms with Crippen molar-refractivity contribution in [3.05, 3.63) is 41.6 Å². The molecule has 5 nitrogen and oxygen atoms in total. The second-order valence-corrected chi connectivity index (χ2v) is 4.20. The van der Waals surface area contributed by atoms with E-state index >= 15 is 0 Å². The highest BCUT2D eigenvalue weighted by atomic mass is 19.4. The number of hydrogen-bond acceptors (Lipinski definition) is 4. The van der Waals surface area contributed by atoms with Gasteiger partial charge in [0.05, 0.1) is 5.69 Å². The number of hydrazine groups is 1. The van der Waals surface area contributed by atoms with Crippen LogP contribution in [0.2, 0.25) is 0 Å². The number of carboxylic acids is 1. The molecular weight excluding hydrogens is 275 g/mol. The molecule has 0 radical (unpaired) electrons. The number of hydrogen-bond donors (Lipinski definition) is 3. The second-order valence-electron chi connectivity index (χ2n) is 4.20. The summed E-state index contributed by atoms with van der Waals surface area (Å²) in [5.41, 5.74) is 7.51. The van der Waals surface area contributed by atoms with Crippen molar-refractivity contribution in [1.29, 1.82) is 0 Å². The van der Waals surface area contributed by atoms with Gasteiger partial charge in [-0.15, -0.1) is 0 Å². The highest BCUT2D eigenvalue weighted by molar-refractivity contribution is 5.78. The quantitative estimate of drug-likeness (QED) is 0.782. The summed E-state index contributed by atoms with van der Waals surface area (Å²) in [6, 6.07) is 4.72. The molecule has 1 aromatic carbocycles. The Kier molecular flexibility index (Phi) is 3.69. The van der Waals surface area contributed by atoms with E-state index in [-0.39, 0.29) is 12.2 Å². The summed E-state index contributed by atoms with van der Waals surface area (Å²) >= 11 is 0. The van der Waals surface area contributed by atoms with Crippen LogP contribution in [0.4, 0.5) is 18.9 Å². The molecule has 0 amide bonds. The Balaban J connectivity index is 2.39. The summed E-state index contributed by atoms with van der Waals surface area (Å²) in [5.74, 6) is -1.38. The smallest absolute Gasteiger partial charge is 0.432 e. The predicted molar refractivity (Wildman–Crippen MR) is 65.5 cm³/mol. The van der Waals surface area contributed by atoms with E-state index in [4.69, 9.17) is 10.8 Å². The zero-order chi connectivity index (χ0) is 14.9. The molecule has 2 rings (SSSR count). The topological polar surface area (TPSA) is 78.6 Å². The molecule has 1 aliphatic rings. The van der Waals surface area contributed by atoms with E-state index in [1.54, 1.807) is 12.1 Å². The van der Waals surface area contributed by atoms with Crippen LogP contribution < -0.4 is 16.2 Å². The molecule has 1 atom stereocenters. The van der Waals surface area contributed by atoms with Crippen LogP contribution in [0.1, 0.15) is 5.56 Å². The Bertz CT molecular complexity index is 557. The molecule has 0 bridgehead atoms. The third-order valence-electron chi connectivity index (χ3n) is 2.79. The Hall–Kier alpha value is -2.06. The van der Waals surface area contributed by atoms with E-state index in [2.05, 4.69) is 5.43 Å². The number of aliphatic carboxylic acids is 1. The number of benzene rings is 1. The van der Waals surface area contributed by atoms with Gasteiger partial charge in [0, 0.05) is 6.54 Å². The van der Waals surface area contributed by atoms with Gasteiger partial charge in [0.25, 0.3) is 0 Å². The van der Waals surface area contributed by atoms with E-state index < -0.39 is 23.9 Å². The summed E-state index contributed by atoms with van der Waals surface area (Å²) in [4.78, 5) is 10.9. The number of alkyl halides is 3. The van der Waals surface area contributed by atoms with Crippen molar-refractivity contribution in [1.82, 2.24) is 5.43 Å². The maximum absolute atomic E-state index is 12.9. The zero-order valence-corrected chi connectivity index (χ0v) is 10.2. The molecule has 1 unspecified atom stereocenters. The van der Waals surface area contributed by atoms with Crippen LogP contribution in [-0.4, -0.2) is 23.3 Å². The molecule has 1 aliphatic heterocycles. The van der Waals surface area contributed by atoms with Crippen LogP contribution in [0, 0.1) is 0 Å². The maximum atomic E-state index is 12.9. The fourth-order valence-corrected chi connectivity index (χ4v) is 1.86. The Labute approximate surface area is 112 Å². The molecule has 0 saturated carbocycles. The number of nitrogens with two attached hydrogens (primary N) is 1. The monoisotopic (exact) mass is 287 g/mol. The molecule has 20 heavy (non-hydrogen) atoms. The molecule has 0 saturated heterocycles. The van der Waals surface area contributed by atoms with Crippen LogP contribution in [0.3, 0.4) is 0 Å². The van der Waals surface area contributed by atoms with Crippen LogP contribution in [0.15, 0.2) is 36.0 Å². The number of allylic oxidation sites excluding steroid dienone is 1. The molecule has 1 aromatic rings. The van der Waals surface area contributed by atoms with Gasteiger partial charge in [-0.25, -0.2) is 5.43 Å². The lowest BCUT2D eigenvalue weighted by atomic mass is 10.2. The second kappa shape index (κ2) is 5.14. The number of anilines is 1. The number of carboxylic acid groups (broad SMARTS) is 1. The van der Waals surface area contributed by atoms with Crippen LogP contribution >= 0.6 is 0 Å². The summed E-state index contributed by atoms with van der Waals surface area (Å²) in [5, 5.41) is 9.56. The average molecular weight is 287 g/mol. The lowest BCUT2D eigenvalue weighted by Crippen LogP contribution is -2.43. The van der Waals surface area contributed by atoms with Crippen molar-refractivity contribution < 1.29 is 23.1 Å². The predicted octanol–water partition coefficient (Wildman–Crippen LogP) is 1.37. The number of nitrogens with one attached hydrogen (secondary N) is 1. The highest BCUT2D eigenvalue weighted by Crippen LogP contribution is 2.34. The summed E-state index contributed by atoms with van der Waals surface area (Å²) in [7, 11) is 0. The van der Waals surface area contributed by atoms with Crippen molar-refractivity contribution in [3.8, 4) is 0 Å². The number of halogens is 3. The van der Waals surface area contributed by atoms with Gasteiger partial charge in [-0.2, -0.15) is 13.2 Å². The first-order valence-electron chi connectivity index (χ1n) is 5.70. The van der Waals surface area contributed by atoms with Crippen LogP contribution in [0.25, 0.3) is 0 Å². The molecule has 0 aromatic heterocycles. The van der Waals surface area contributed by atoms with Gasteiger partial charge in [0.2, 0.25) is 0 Å². The highest BCUT2D eigenvalue weighted by Gasteiger charge is 2.44. The van der Waals surface area contributed by atoms with Gasteiger partial charge >= 0.3 is 12.1 Å². The number of nitrogens with zero attached hydrogens (tertiary/aromatic N) is 1. The first kappa shape index (κ1) is 14.4. The lowest BCUT2D eigenvalue weighted by Gasteiger charge is -2.24. The van der Waals surface area contributed by atoms with E-state index in [1.807, 2.05) is 0 Å². The minimum atomic E-state index is -4.66. The van der Waals surface area contributed by atoms with Gasteiger partial charge in [-0.3, -0.25) is 9.80 Å². The minimum absolute atomic E-state index is 0.176. The van der Waals surface area contributed by atoms with Crippen molar-refractivity contribution in [2.24, 2.45) is 5.73 Å². The molecular formula is C12H12F3N3O2. The van der Waals surface area contributed by atoms with Gasteiger partial charge in [-0.05, 0) is 23.8 Å². The zero-order valence-electron chi connectivity index (χ0n) is 10.2. The summed E-state index contributed by atoms with van der Waals surface area (Å²) in [6.07, 6.45) is -4.02. The minimum Gasteiger partial charge on any atom is -0.480 e. The fraction of sp³-hybridized carbons (Fsp3) is 0.250. The van der Waals surface area contributed by atoms with Gasteiger partial charge < -0.3 is 10.8 Å². The number of rotatable bonds is 3. The summed E-state index contributed by atoms with van der Waals surface area (Å²) in [6.45, 7) is 0.176. The van der Waals surface area contributed by atoms with Gasteiger partial charge in [0.1, 0.15) is 11.7 Å². The third kappa shape index (κ3) is 2.75. The SMILES string of the molecule is NCc1cccc(N2NC(C(=O)O)C=C2C(F)(F)F)c1. The van der Waals surface area contributed by atoms with E-state index in [9.17, 15) is 18.0 Å². The summed E-state index contributed by atoms with van der Waals surface area (Å²) < 4.78 is 38.8. The largest absolute Gasteiger partial charge is 0.480 e. The fourth-order valence-electron chi connectivity index (χ4n) is 1.86. The first-order chi connectivity index (χ1) is 9.32. The molecule has 0 fully saturated rings. The van der Waals surface area contributed by atoms with Gasteiger partial charge in [0.15, 0.2) is 0 Å². The van der Waals surface area contributed by atoms with Crippen molar-refractivity contribution >= 4 is 11.7 Å². The Morgan fingerprint density at radius 1 is 1.45 bits per heavy atom. The standard InChI is InChI=1S/C12H12F3N3O2/c13-12(14,15)10-5-9(11(19)20)17-18(10)8-3-1-2-7(4-8)6-16/h1-5,9,17H,6,16H2,(H,19,20). The van der Waals surface area contributed by atoms with Crippen LogP contribution in [0.5, 0.6) is 0 Å². The Morgan fingerprint density at radius 2 is 2.15 bits per heavy atom. The van der Waals surface area contributed by atoms with Gasteiger partial charge in [-0.1, -0.05) is 12.1 Å². The first-order valence-corrected chi connectivity index (χ1v) is 5.70. The van der Waals surface area contributed by atoms with E-state index in [1.165, 1.54) is 12.1 Å². The molecule has 4 N–H and O–H groups in total. The lowest BCUT2D eigenvalue weighted by molar-refractivity contribution is -0.138. The van der Waals surface area contributed by atoms with Crippen molar-refractivity contribution in [3.63, 3.8) is 0 Å². The molecule has 0 spiro atoms. The molecule has 1 heterocycles. The maximum Gasteiger partial charge on any atom is 0.432 e. The molecule has 8 heteroatoms. The van der Waals surface area contributed by atoms with E-state index in [0.717, 1.165) is 5.01 Å². The van der Waals surface area contributed by atoms with Crippen LogP contribution in [-0.2, 0) is 11.3 Å². The normalized spacial score (nSPS) is 19.1. The van der Waals surface area contributed by atoms with E-state index in [0.29, 0.717) is 11.6 Å². The molecule has 0 aliphatic carbocycles. The van der Waals surface area contributed by atoms with Crippen molar-refractivity contribution in [2.45, 2.75) is 18.8 Å². The number of carbonyl (C=O) groups is 1. The molecule has 108 valence electrons.